The van der Waals surface area contributed by atoms with E-state index >= 15 is 0 Å². The molecule has 0 atom stereocenters. The number of nitrogens with one attached hydrogen (secondary N) is 3. The van der Waals surface area contributed by atoms with E-state index in [9.17, 15) is 9.59 Å². The second-order valence-corrected chi connectivity index (χ2v) is 6.10. The normalized spacial score (nSPS) is 13.6. The minimum Gasteiger partial charge on any atom is -0.348 e. The monoisotopic (exact) mass is 410 g/mol. The minimum absolute atomic E-state index is 0. The van der Waals surface area contributed by atoms with Crippen LogP contribution in [0, 0.1) is 5.92 Å². The number of pyridine rings is 1. The Bertz CT molecular complexity index is 737. The van der Waals surface area contributed by atoms with Crippen LogP contribution >= 0.6 is 24.8 Å². The summed E-state index contributed by atoms with van der Waals surface area (Å²) in [4.78, 5) is 29.0. The van der Waals surface area contributed by atoms with Crippen LogP contribution in [0.25, 0.3) is 0 Å². The van der Waals surface area contributed by atoms with Gasteiger partial charge >= 0.3 is 0 Å². The van der Waals surface area contributed by atoms with Crippen LogP contribution < -0.4 is 16.0 Å². The highest BCUT2D eigenvalue weighted by atomic mass is 35.5. The highest BCUT2D eigenvalue weighted by Gasteiger charge is 2.22. The molecule has 6 nitrogen and oxygen atoms in total. The van der Waals surface area contributed by atoms with Gasteiger partial charge in [-0.15, -0.1) is 24.8 Å². The molecule has 0 unspecified atom stereocenters. The fourth-order valence-electron chi connectivity index (χ4n) is 2.89. The standard InChI is InChI=1S/C19H22N4O2.2ClH/c24-18(15-7-10-20-11-8-15)23-17-6-2-1-5-16(17)19(25)22-13-14-4-3-9-21-12-14;;/h1-6,9,12,15,20H,7-8,10-11,13H2,(H,22,25)(H,23,24);2*1H. The van der Waals surface area contributed by atoms with Gasteiger partial charge in [0, 0.05) is 24.9 Å². The number of aromatic nitrogens is 1. The van der Waals surface area contributed by atoms with Crippen LogP contribution in [0.5, 0.6) is 0 Å². The number of rotatable bonds is 5. The van der Waals surface area contributed by atoms with Crippen molar-refractivity contribution < 1.29 is 9.59 Å². The Kier molecular flexibility index (Phi) is 9.78. The first kappa shape index (κ1) is 22.9. The van der Waals surface area contributed by atoms with Crippen molar-refractivity contribution in [3.8, 4) is 0 Å². The molecule has 2 aromatic rings. The first-order valence-corrected chi connectivity index (χ1v) is 8.52. The molecule has 2 amide bonds. The van der Waals surface area contributed by atoms with Gasteiger partial charge in [-0.05, 0) is 49.7 Å². The number of piperidine rings is 1. The molecule has 3 N–H and O–H groups in total. The number of nitrogens with zero attached hydrogens (tertiary/aromatic N) is 1. The molecule has 0 saturated carbocycles. The highest BCUT2D eigenvalue weighted by Crippen LogP contribution is 2.19. The first-order valence-electron chi connectivity index (χ1n) is 8.52. The summed E-state index contributed by atoms with van der Waals surface area (Å²) in [6.45, 7) is 2.10. The summed E-state index contributed by atoms with van der Waals surface area (Å²) in [5.41, 5.74) is 1.94. The number of hydrogen-bond donors (Lipinski definition) is 3. The minimum atomic E-state index is -0.218. The lowest BCUT2D eigenvalue weighted by Crippen LogP contribution is -2.35. The molecule has 1 aliphatic heterocycles. The molecular formula is C19H24Cl2N4O2. The third-order valence-corrected chi connectivity index (χ3v) is 4.32. The number of carbonyl (C=O) groups excluding carboxylic acids is 2. The molecule has 0 aliphatic carbocycles. The van der Waals surface area contributed by atoms with E-state index in [1.54, 1.807) is 30.6 Å². The second kappa shape index (κ2) is 11.5. The van der Waals surface area contributed by atoms with Gasteiger partial charge < -0.3 is 16.0 Å². The van der Waals surface area contributed by atoms with Crippen molar-refractivity contribution >= 4 is 42.3 Å². The van der Waals surface area contributed by atoms with Crippen molar-refractivity contribution in [3.05, 3.63) is 59.9 Å². The van der Waals surface area contributed by atoms with E-state index in [1.807, 2.05) is 18.2 Å². The molecule has 0 bridgehead atoms. The van der Waals surface area contributed by atoms with Crippen LogP contribution in [-0.4, -0.2) is 29.9 Å². The van der Waals surface area contributed by atoms with Gasteiger partial charge in [0.15, 0.2) is 0 Å². The average molecular weight is 411 g/mol. The Morgan fingerprint density at radius 2 is 1.81 bits per heavy atom. The molecular weight excluding hydrogens is 387 g/mol. The Morgan fingerprint density at radius 3 is 2.52 bits per heavy atom. The number of benzene rings is 1. The Balaban J connectivity index is 0.00000182. The van der Waals surface area contributed by atoms with Gasteiger partial charge in [0.25, 0.3) is 5.91 Å². The van der Waals surface area contributed by atoms with Crippen molar-refractivity contribution in [1.29, 1.82) is 0 Å². The van der Waals surface area contributed by atoms with E-state index in [1.165, 1.54) is 0 Å². The number of hydrogen-bond acceptors (Lipinski definition) is 4. The summed E-state index contributed by atoms with van der Waals surface area (Å²) < 4.78 is 0. The van der Waals surface area contributed by atoms with Gasteiger partial charge in [-0.25, -0.2) is 0 Å². The predicted molar refractivity (Wildman–Crippen MR) is 111 cm³/mol. The molecule has 27 heavy (non-hydrogen) atoms. The lowest BCUT2D eigenvalue weighted by molar-refractivity contribution is -0.120. The number of carbonyl (C=O) groups is 2. The van der Waals surface area contributed by atoms with Gasteiger partial charge in [0.1, 0.15) is 0 Å². The number of anilines is 1. The Labute approximate surface area is 171 Å². The van der Waals surface area contributed by atoms with E-state index in [0.29, 0.717) is 17.8 Å². The number of para-hydroxylation sites is 1. The zero-order chi connectivity index (χ0) is 17.5. The number of halogens is 2. The zero-order valence-electron chi connectivity index (χ0n) is 14.8. The maximum absolute atomic E-state index is 12.5. The van der Waals surface area contributed by atoms with Crippen molar-refractivity contribution in [2.45, 2.75) is 19.4 Å². The van der Waals surface area contributed by atoms with Crippen molar-refractivity contribution in [2.24, 2.45) is 5.92 Å². The van der Waals surface area contributed by atoms with Crippen LogP contribution in [0.2, 0.25) is 0 Å². The van der Waals surface area contributed by atoms with E-state index in [4.69, 9.17) is 0 Å². The molecule has 0 spiro atoms. The highest BCUT2D eigenvalue weighted by molar-refractivity contribution is 6.04. The van der Waals surface area contributed by atoms with E-state index < -0.39 is 0 Å². The van der Waals surface area contributed by atoms with Crippen molar-refractivity contribution in [1.82, 2.24) is 15.6 Å². The Morgan fingerprint density at radius 1 is 1.07 bits per heavy atom. The van der Waals surface area contributed by atoms with Gasteiger partial charge in [-0.1, -0.05) is 18.2 Å². The maximum atomic E-state index is 12.5. The third-order valence-electron chi connectivity index (χ3n) is 4.32. The first-order chi connectivity index (χ1) is 12.2. The molecule has 1 aliphatic rings. The van der Waals surface area contributed by atoms with Crippen LogP contribution in [-0.2, 0) is 11.3 Å². The zero-order valence-corrected chi connectivity index (χ0v) is 16.4. The molecule has 8 heteroatoms. The van der Waals surface area contributed by atoms with Gasteiger partial charge in [-0.3, -0.25) is 14.6 Å². The summed E-state index contributed by atoms with van der Waals surface area (Å²) in [5, 5.41) is 9.03. The second-order valence-electron chi connectivity index (χ2n) is 6.10. The molecule has 1 aromatic heterocycles. The van der Waals surface area contributed by atoms with Crippen LogP contribution in [0.1, 0.15) is 28.8 Å². The fraction of sp³-hybridized carbons (Fsp3) is 0.316. The van der Waals surface area contributed by atoms with Gasteiger partial charge in [0.05, 0.1) is 11.3 Å². The topological polar surface area (TPSA) is 83.1 Å². The third kappa shape index (κ3) is 6.50. The average Bonchev–Trinajstić information content (AvgIpc) is 2.68. The van der Waals surface area contributed by atoms with Crippen molar-refractivity contribution in [2.75, 3.05) is 18.4 Å². The molecule has 1 saturated heterocycles. The SMILES string of the molecule is Cl.Cl.O=C(NCc1cccnc1)c1ccccc1NC(=O)C1CCNCC1. The summed E-state index contributed by atoms with van der Waals surface area (Å²) in [6, 6.07) is 10.8. The molecule has 2 heterocycles. The summed E-state index contributed by atoms with van der Waals surface area (Å²) in [6.07, 6.45) is 5.05. The predicted octanol–water partition coefficient (Wildman–Crippen LogP) is 2.79. The molecule has 0 radical (unpaired) electrons. The molecule has 1 fully saturated rings. The van der Waals surface area contributed by atoms with Crippen LogP contribution in [0.15, 0.2) is 48.8 Å². The van der Waals surface area contributed by atoms with E-state index in [2.05, 4.69) is 20.9 Å². The van der Waals surface area contributed by atoms with E-state index in [-0.39, 0.29) is 42.5 Å². The molecule has 3 rings (SSSR count). The quantitative estimate of drug-likeness (QED) is 0.707. The van der Waals surface area contributed by atoms with Gasteiger partial charge in [0.2, 0.25) is 5.91 Å². The summed E-state index contributed by atoms with van der Waals surface area (Å²) in [5.74, 6) is -0.244. The lowest BCUT2D eigenvalue weighted by Gasteiger charge is -2.22. The lowest BCUT2D eigenvalue weighted by atomic mass is 9.97. The Hall–Kier alpha value is -2.15. The fourth-order valence-corrected chi connectivity index (χ4v) is 2.89. The molecule has 146 valence electrons. The van der Waals surface area contributed by atoms with Crippen LogP contribution in [0.4, 0.5) is 5.69 Å². The largest absolute Gasteiger partial charge is 0.348 e. The number of amides is 2. The van der Waals surface area contributed by atoms with Crippen LogP contribution in [0.3, 0.4) is 0 Å². The summed E-state index contributed by atoms with van der Waals surface area (Å²) >= 11 is 0. The van der Waals surface area contributed by atoms with Gasteiger partial charge in [-0.2, -0.15) is 0 Å². The molecule has 1 aromatic carbocycles. The maximum Gasteiger partial charge on any atom is 0.253 e. The van der Waals surface area contributed by atoms with E-state index in [0.717, 1.165) is 31.5 Å². The summed E-state index contributed by atoms with van der Waals surface area (Å²) in [7, 11) is 0. The smallest absolute Gasteiger partial charge is 0.253 e. The van der Waals surface area contributed by atoms with Crippen molar-refractivity contribution in [3.63, 3.8) is 0 Å².